The molecule has 33 heavy (non-hydrogen) atoms. The van der Waals surface area contributed by atoms with Gasteiger partial charge in [-0.1, -0.05) is 60.2 Å². The van der Waals surface area contributed by atoms with Crippen molar-refractivity contribution < 1.29 is 17.9 Å². The molecule has 168 valence electrons. The van der Waals surface area contributed by atoms with E-state index in [0.29, 0.717) is 23.7 Å². The Morgan fingerprint density at radius 2 is 1.67 bits per heavy atom. The average Bonchev–Trinajstić information content (AvgIpc) is 2.83. The molecule has 0 bridgehead atoms. The number of benzene rings is 4. The van der Waals surface area contributed by atoms with Gasteiger partial charge in [-0.2, -0.15) is 13.5 Å². The first kappa shape index (κ1) is 22.4. The summed E-state index contributed by atoms with van der Waals surface area (Å²) in [4.78, 5) is 2.39. The summed E-state index contributed by atoms with van der Waals surface area (Å²) in [5.74, 6) is 1.11. The number of hydrogen-bond donors (Lipinski definition) is 1. The molecule has 0 fully saturated rings. The van der Waals surface area contributed by atoms with Crippen molar-refractivity contribution in [2.45, 2.75) is 18.4 Å². The maximum atomic E-state index is 12.4. The third-order valence-corrected chi connectivity index (χ3v) is 6.41. The third kappa shape index (κ3) is 5.32. The number of ether oxygens (including phenoxy) is 2. The lowest BCUT2D eigenvalue weighted by atomic mass is 10.1. The van der Waals surface area contributed by atoms with Crippen molar-refractivity contribution in [1.29, 1.82) is 0 Å². The van der Waals surface area contributed by atoms with E-state index in [4.69, 9.17) is 9.47 Å². The molecule has 0 unspecified atom stereocenters. The van der Waals surface area contributed by atoms with E-state index in [1.807, 2.05) is 31.2 Å². The molecule has 4 aromatic carbocycles. The van der Waals surface area contributed by atoms with E-state index in [9.17, 15) is 8.42 Å². The van der Waals surface area contributed by atoms with E-state index < -0.39 is 10.0 Å². The van der Waals surface area contributed by atoms with Gasteiger partial charge >= 0.3 is 0 Å². The van der Waals surface area contributed by atoms with Crippen molar-refractivity contribution in [1.82, 2.24) is 4.83 Å². The molecular formula is C26H24N2O4S. The van der Waals surface area contributed by atoms with Crippen molar-refractivity contribution >= 4 is 27.0 Å². The Bertz CT molecular complexity index is 1390. The van der Waals surface area contributed by atoms with Gasteiger partial charge in [-0.15, -0.1) is 0 Å². The summed E-state index contributed by atoms with van der Waals surface area (Å²) in [6, 6.07) is 26.1. The quantitative estimate of drug-likeness (QED) is 0.295. The molecule has 0 saturated heterocycles. The van der Waals surface area contributed by atoms with Crippen LogP contribution in [0.15, 0.2) is 94.9 Å². The number of methoxy groups -OCH3 is 1. The number of hydrazone groups is 1. The van der Waals surface area contributed by atoms with Crippen LogP contribution in [0.3, 0.4) is 0 Å². The lowest BCUT2D eigenvalue weighted by Crippen LogP contribution is -2.18. The van der Waals surface area contributed by atoms with Gasteiger partial charge in [0.05, 0.1) is 18.2 Å². The predicted molar refractivity (Wildman–Crippen MR) is 130 cm³/mol. The standard InChI is InChI=1S/C26H24N2O4S/c1-19-10-13-23(14-11-19)33(29,30)28-27-17-20-12-15-25(31-2)26(16-20)32-18-22-8-5-7-21-6-3-4-9-24(21)22/h3-17,28H,18H2,1-2H3/b27-17-. The zero-order valence-electron chi connectivity index (χ0n) is 18.4. The van der Waals surface area contributed by atoms with Crippen LogP contribution >= 0.6 is 0 Å². The summed E-state index contributed by atoms with van der Waals surface area (Å²) in [5.41, 5.74) is 2.70. The van der Waals surface area contributed by atoms with Gasteiger partial charge in [0.1, 0.15) is 6.61 Å². The highest BCUT2D eigenvalue weighted by atomic mass is 32.2. The number of sulfonamides is 1. The molecule has 0 atom stereocenters. The molecule has 0 aliphatic rings. The Hall–Kier alpha value is -3.84. The number of hydrogen-bond acceptors (Lipinski definition) is 5. The highest BCUT2D eigenvalue weighted by molar-refractivity contribution is 7.89. The van der Waals surface area contributed by atoms with Gasteiger partial charge in [0.25, 0.3) is 10.0 Å². The number of fused-ring (bicyclic) bond motifs is 1. The lowest BCUT2D eigenvalue weighted by molar-refractivity contribution is 0.285. The largest absolute Gasteiger partial charge is 0.493 e. The van der Waals surface area contributed by atoms with Gasteiger partial charge in [-0.25, -0.2) is 4.83 Å². The van der Waals surface area contributed by atoms with E-state index in [1.165, 1.54) is 6.21 Å². The smallest absolute Gasteiger partial charge is 0.276 e. The van der Waals surface area contributed by atoms with Crippen molar-refractivity contribution in [3.63, 3.8) is 0 Å². The van der Waals surface area contributed by atoms with Gasteiger partial charge in [-0.05, 0) is 59.2 Å². The summed E-state index contributed by atoms with van der Waals surface area (Å²) in [5, 5.41) is 6.18. The van der Waals surface area contributed by atoms with E-state index in [1.54, 1.807) is 49.6 Å². The van der Waals surface area contributed by atoms with Crippen molar-refractivity contribution in [2.75, 3.05) is 7.11 Å². The fourth-order valence-corrected chi connectivity index (χ4v) is 4.19. The van der Waals surface area contributed by atoms with Gasteiger partial charge in [-0.3, -0.25) is 0 Å². The van der Waals surface area contributed by atoms with Crippen LogP contribution in [-0.4, -0.2) is 21.7 Å². The zero-order chi connectivity index (χ0) is 23.3. The summed E-state index contributed by atoms with van der Waals surface area (Å²) < 4.78 is 36.3. The highest BCUT2D eigenvalue weighted by Gasteiger charge is 2.12. The maximum absolute atomic E-state index is 12.4. The molecule has 0 radical (unpaired) electrons. The Balaban J connectivity index is 1.50. The molecule has 1 N–H and O–H groups in total. The SMILES string of the molecule is COc1ccc(/C=N\NS(=O)(=O)c2ccc(C)cc2)cc1OCc1cccc2ccccc12. The van der Waals surface area contributed by atoms with Crippen LogP contribution < -0.4 is 14.3 Å². The van der Waals surface area contributed by atoms with Crippen LogP contribution in [0.25, 0.3) is 10.8 Å². The number of rotatable bonds is 8. The van der Waals surface area contributed by atoms with Crippen molar-refractivity contribution in [3.05, 3.63) is 102 Å². The van der Waals surface area contributed by atoms with E-state index >= 15 is 0 Å². The predicted octanol–water partition coefficient (Wildman–Crippen LogP) is 5.05. The molecule has 7 heteroatoms. The fraction of sp³-hybridized carbons (Fsp3) is 0.115. The van der Waals surface area contributed by atoms with Gasteiger partial charge < -0.3 is 9.47 Å². The molecule has 0 aliphatic carbocycles. The van der Waals surface area contributed by atoms with Crippen LogP contribution in [0.1, 0.15) is 16.7 Å². The molecule has 0 aliphatic heterocycles. The minimum Gasteiger partial charge on any atom is -0.493 e. The van der Waals surface area contributed by atoms with Crippen LogP contribution in [0.5, 0.6) is 11.5 Å². The third-order valence-electron chi connectivity index (χ3n) is 5.17. The molecule has 4 rings (SSSR count). The van der Waals surface area contributed by atoms with Crippen LogP contribution in [0.2, 0.25) is 0 Å². The summed E-state index contributed by atoms with van der Waals surface area (Å²) in [7, 11) is -2.17. The lowest BCUT2D eigenvalue weighted by Gasteiger charge is -2.13. The van der Waals surface area contributed by atoms with E-state index in [0.717, 1.165) is 21.9 Å². The van der Waals surface area contributed by atoms with Gasteiger partial charge in [0, 0.05) is 0 Å². The zero-order valence-corrected chi connectivity index (χ0v) is 19.2. The Labute approximate surface area is 193 Å². The fourth-order valence-electron chi connectivity index (χ4n) is 3.40. The summed E-state index contributed by atoms with van der Waals surface area (Å²) >= 11 is 0. The topological polar surface area (TPSA) is 77.0 Å². The van der Waals surface area contributed by atoms with E-state index in [-0.39, 0.29) is 4.90 Å². The van der Waals surface area contributed by atoms with Crippen molar-refractivity contribution in [2.24, 2.45) is 5.10 Å². The molecule has 0 aromatic heterocycles. The number of aryl methyl sites for hydroxylation is 1. The first-order valence-electron chi connectivity index (χ1n) is 10.4. The normalized spacial score (nSPS) is 11.6. The molecular weight excluding hydrogens is 436 g/mol. The molecule has 0 heterocycles. The van der Waals surface area contributed by atoms with Crippen LogP contribution in [0, 0.1) is 6.92 Å². The Morgan fingerprint density at radius 3 is 2.45 bits per heavy atom. The van der Waals surface area contributed by atoms with Crippen molar-refractivity contribution in [3.8, 4) is 11.5 Å². The molecule has 0 amide bonds. The minimum atomic E-state index is -3.74. The average molecular weight is 461 g/mol. The first-order chi connectivity index (χ1) is 16.0. The first-order valence-corrected chi connectivity index (χ1v) is 11.8. The molecule has 6 nitrogen and oxygen atoms in total. The molecule has 0 spiro atoms. The number of nitrogens with zero attached hydrogens (tertiary/aromatic N) is 1. The second-order valence-electron chi connectivity index (χ2n) is 7.50. The van der Waals surface area contributed by atoms with Crippen LogP contribution in [0.4, 0.5) is 0 Å². The Morgan fingerprint density at radius 1 is 0.909 bits per heavy atom. The summed E-state index contributed by atoms with van der Waals surface area (Å²) in [6.45, 7) is 2.25. The second-order valence-corrected chi connectivity index (χ2v) is 9.16. The maximum Gasteiger partial charge on any atom is 0.276 e. The second kappa shape index (κ2) is 9.75. The minimum absolute atomic E-state index is 0.152. The molecule has 4 aromatic rings. The number of nitrogens with one attached hydrogen (secondary N) is 1. The highest BCUT2D eigenvalue weighted by Crippen LogP contribution is 2.29. The Kier molecular flexibility index (Phi) is 6.60. The van der Waals surface area contributed by atoms with Gasteiger partial charge in [0.2, 0.25) is 0 Å². The van der Waals surface area contributed by atoms with Crippen LogP contribution in [-0.2, 0) is 16.6 Å². The molecule has 0 saturated carbocycles. The van der Waals surface area contributed by atoms with Gasteiger partial charge in [0.15, 0.2) is 11.5 Å². The van der Waals surface area contributed by atoms with E-state index in [2.05, 4.69) is 28.1 Å². The summed E-state index contributed by atoms with van der Waals surface area (Å²) in [6.07, 6.45) is 1.43. The monoisotopic (exact) mass is 460 g/mol.